The van der Waals surface area contributed by atoms with E-state index in [9.17, 15) is 14.3 Å². The lowest BCUT2D eigenvalue weighted by molar-refractivity contribution is 0.0702. The summed E-state index contributed by atoms with van der Waals surface area (Å²) in [5.74, 6) is -0.355. The van der Waals surface area contributed by atoms with Crippen LogP contribution in [0.5, 0.6) is 0 Å². The first kappa shape index (κ1) is 27.2. The van der Waals surface area contributed by atoms with Crippen LogP contribution in [0.15, 0.2) is 63.7 Å². The van der Waals surface area contributed by atoms with Crippen LogP contribution in [0.1, 0.15) is 38.1 Å². The van der Waals surface area contributed by atoms with Crippen LogP contribution in [0.4, 0.5) is 11.4 Å². The van der Waals surface area contributed by atoms with Gasteiger partial charge in [0.2, 0.25) is 0 Å². The van der Waals surface area contributed by atoms with E-state index in [-0.39, 0.29) is 17.3 Å². The van der Waals surface area contributed by atoms with Crippen LogP contribution in [0.25, 0.3) is 0 Å². The number of benzene rings is 2. The Morgan fingerprint density at radius 3 is 2.06 bits per heavy atom. The number of nitrogens with one attached hydrogen (secondary N) is 1. The predicted octanol–water partition coefficient (Wildman–Crippen LogP) is 5.96. The molecule has 0 spiro atoms. The number of methoxy groups -OCH3 is 1. The van der Waals surface area contributed by atoms with E-state index in [1.54, 1.807) is 43.0 Å². The highest BCUT2D eigenvalue weighted by Gasteiger charge is 2.26. The number of rotatable bonds is 10. The van der Waals surface area contributed by atoms with Gasteiger partial charge in [0.25, 0.3) is 5.91 Å². The molecule has 0 heterocycles. The summed E-state index contributed by atoms with van der Waals surface area (Å²) in [6, 6.07) is 13.9. The molecule has 10 heteroatoms. The standard InChI is InChI=1S/C23H32N3O5PS/c1-16(31-32(6,28)29)21(15-30-5)24-22(27)17-7-9-18(10-8-17)25-26-19-11-13-20(14-12-19)33-23(2,3)4/h7-14,16,21H,15H2,1-6H3,(H,24,27)(H,28,29)/b26-25+/t16-,21-/m1/s1. The van der Waals surface area contributed by atoms with E-state index in [0.29, 0.717) is 11.3 Å². The molecule has 0 saturated heterocycles. The number of azo groups is 1. The summed E-state index contributed by atoms with van der Waals surface area (Å²) in [6.07, 6.45) is -0.712. The van der Waals surface area contributed by atoms with Crippen molar-refractivity contribution in [2.24, 2.45) is 10.2 Å². The topological polar surface area (TPSA) is 110 Å². The second-order valence-corrected chi connectivity index (χ2v) is 12.3. The fourth-order valence-electron chi connectivity index (χ4n) is 2.84. The van der Waals surface area contributed by atoms with Crippen molar-refractivity contribution in [3.05, 3.63) is 54.1 Å². The third-order valence-corrected chi connectivity index (χ3v) is 6.11. The Kier molecular flexibility index (Phi) is 9.82. The van der Waals surface area contributed by atoms with E-state index in [1.165, 1.54) is 12.0 Å². The zero-order valence-electron chi connectivity index (χ0n) is 19.8. The molecule has 180 valence electrons. The first-order valence-electron chi connectivity index (χ1n) is 10.5. The quantitative estimate of drug-likeness (QED) is 0.240. The molecular formula is C23H32N3O5PS. The molecule has 0 saturated carbocycles. The average molecular weight is 494 g/mol. The number of thioether (sulfide) groups is 1. The van der Waals surface area contributed by atoms with Crippen LogP contribution in [0.2, 0.25) is 0 Å². The van der Waals surface area contributed by atoms with Gasteiger partial charge < -0.3 is 19.5 Å². The molecule has 8 nitrogen and oxygen atoms in total. The minimum atomic E-state index is -3.70. The monoisotopic (exact) mass is 493 g/mol. The molecule has 0 radical (unpaired) electrons. The highest BCUT2D eigenvalue weighted by atomic mass is 32.2. The second-order valence-electron chi connectivity index (χ2n) is 8.60. The number of ether oxygens (including phenoxy) is 1. The van der Waals surface area contributed by atoms with Crippen LogP contribution in [0, 0.1) is 0 Å². The maximum atomic E-state index is 12.6. The molecule has 2 N–H and O–H groups in total. The molecule has 3 atom stereocenters. The summed E-state index contributed by atoms with van der Waals surface area (Å²) >= 11 is 1.79. The minimum absolute atomic E-state index is 0.131. The lowest BCUT2D eigenvalue weighted by Crippen LogP contribution is -2.45. The van der Waals surface area contributed by atoms with Gasteiger partial charge in [-0.1, -0.05) is 20.8 Å². The van der Waals surface area contributed by atoms with Gasteiger partial charge in [0.1, 0.15) is 0 Å². The van der Waals surface area contributed by atoms with Gasteiger partial charge in [-0.3, -0.25) is 9.36 Å². The lowest BCUT2D eigenvalue weighted by Gasteiger charge is -2.25. The Hall–Kier alpha value is -2.03. The maximum Gasteiger partial charge on any atom is 0.325 e. The third-order valence-electron chi connectivity index (χ3n) is 4.26. The summed E-state index contributed by atoms with van der Waals surface area (Å²) in [5, 5.41) is 11.3. The molecule has 33 heavy (non-hydrogen) atoms. The van der Waals surface area contributed by atoms with Crippen molar-refractivity contribution < 1.29 is 23.5 Å². The van der Waals surface area contributed by atoms with Gasteiger partial charge >= 0.3 is 7.60 Å². The number of carbonyl (C=O) groups is 1. The van der Waals surface area contributed by atoms with Gasteiger partial charge in [0.15, 0.2) is 0 Å². The van der Waals surface area contributed by atoms with Crippen molar-refractivity contribution in [1.82, 2.24) is 5.32 Å². The molecule has 2 aromatic carbocycles. The van der Waals surface area contributed by atoms with Crippen molar-refractivity contribution in [1.29, 1.82) is 0 Å². The van der Waals surface area contributed by atoms with E-state index in [2.05, 4.69) is 36.3 Å². The molecule has 0 aliphatic rings. The van der Waals surface area contributed by atoms with Crippen LogP contribution in [-0.4, -0.2) is 48.1 Å². The fourth-order valence-corrected chi connectivity index (χ4v) is 4.58. The highest BCUT2D eigenvalue weighted by Crippen LogP contribution is 2.38. The molecular weight excluding hydrogens is 461 g/mol. The maximum absolute atomic E-state index is 12.6. The Morgan fingerprint density at radius 2 is 1.61 bits per heavy atom. The van der Waals surface area contributed by atoms with E-state index in [1.807, 2.05) is 24.3 Å². The zero-order chi connectivity index (χ0) is 24.6. The molecule has 1 amide bonds. The normalized spacial score (nSPS) is 15.7. The predicted molar refractivity (Wildman–Crippen MR) is 132 cm³/mol. The molecule has 0 bridgehead atoms. The SMILES string of the molecule is COC[C@@H](NC(=O)c1ccc(/N=N/c2ccc(SC(C)(C)C)cc2)cc1)[C@@H](C)O[P@](C)(=O)O. The van der Waals surface area contributed by atoms with Crippen molar-refractivity contribution in [2.75, 3.05) is 20.4 Å². The number of nitrogens with zero attached hydrogens (tertiary/aromatic N) is 2. The van der Waals surface area contributed by atoms with Crippen molar-refractivity contribution in [3.63, 3.8) is 0 Å². The zero-order valence-corrected chi connectivity index (χ0v) is 21.5. The van der Waals surface area contributed by atoms with E-state index in [0.717, 1.165) is 12.4 Å². The van der Waals surface area contributed by atoms with Crippen LogP contribution in [0.3, 0.4) is 0 Å². The summed E-state index contributed by atoms with van der Waals surface area (Å²) in [7, 11) is -2.22. The van der Waals surface area contributed by atoms with Crippen molar-refractivity contribution in [2.45, 2.75) is 49.5 Å². The number of amides is 1. The lowest BCUT2D eigenvalue weighted by atomic mass is 10.1. The molecule has 0 aromatic heterocycles. The summed E-state index contributed by atoms with van der Waals surface area (Å²) in [5.41, 5.74) is 1.76. The molecule has 0 unspecified atom stereocenters. The molecule has 0 aliphatic carbocycles. The molecule has 0 fully saturated rings. The van der Waals surface area contributed by atoms with Gasteiger partial charge in [-0.25, -0.2) is 0 Å². The van der Waals surface area contributed by atoms with Crippen molar-refractivity contribution >= 4 is 36.6 Å². The summed E-state index contributed by atoms with van der Waals surface area (Å²) < 4.78 is 21.9. The Morgan fingerprint density at radius 1 is 1.09 bits per heavy atom. The fraction of sp³-hybridized carbons (Fsp3) is 0.435. The van der Waals surface area contributed by atoms with Crippen LogP contribution < -0.4 is 5.32 Å². The molecule has 2 aromatic rings. The Labute approximate surface area is 199 Å². The van der Waals surface area contributed by atoms with Crippen molar-refractivity contribution in [3.8, 4) is 0 Å². The minimum Gasteiger partial charge on any atom is -0.382 e. The number of carbonyl (C=O) groups excluding carboxylic acids is 1. The third kappa shape index (κ3) is 10.2. The van der Waals surface area contributed by atoms with Gasteiger partial charge in [0.05, 0.1) is 30.1 Å². The Bertz CT molecular complexity index is 985. The highest BCUT2D eigenvalue weighted by molar-refractivity contribution is 8.00. The van der Waals surface area contributed by atoms with Gasteiger partial charge in [-0.2, -0.15) is 10.2 Å². The summed E-state index contributed by atoms with van der Waals surface area (Å²) in [4.78, 5) is 23.2. The molecule has 0 aliphatic heterocycles. The van der Waals surface area contributed by atoms with E-state index < -0.39 is 19.7 Å². The van der Waals surface area contributed by atoms with Crippen LogP contribution >= 0.6 is 19.4 Å². The second kappa shape index (κ2) is 11.9. The summed E-state index contributed by atoms with van der Waals surface area (Å²) in [6.45, 7) is 9.33. The van der Waals surface area contributed by atoms with E-state index in [4.69, 9.17) is 9.26 Å². The van der Waals surface area contributed by atoms with Crippen LogP contribution in [-0.2, 0) is 13.8 Å². The van der Waals surface area contributed by atoms with Gasteiger partial charge in [0, 0.05) is 29.0 Å². The van der Waals surface area contributed by atoms with Gasteiger partial charge in [-0.05, 0) is 55.5 Å². The average Bonchev–Trinajstić information content (AvgIpc) is 2.71. The molecule has 2 rings (SSSR count). The largest absolute Gasteiger partial charge is 0.382 e. The first-order chi connectivity index (χ1) is 15.4. The van der Waals surface area contributed by atoms with Gasteiger partial charge in [-0.15, -0.1) is 11.8 Å². The number of hydrogen-bond acceptors (Lipinski definition) is 7. The van der Waals surface area contributed by atoms with E-state index >= 15 is 0 Å². The first-order valence-corrected chi connectivity index (χ1v) is 13.3. The number of hydrogen-bond donors (Lipinski definition) is 2. The Balaban J connectivity index is 2.00. The smallest absolute Gasteiger partial charge is 0.325 e.